The van der Waals surface area contributed by atoms with Crippen molar-refractivity contribution in [2.45, 2.75) is 18.2 Å². The molecule has 0 unspecified atom stereocenters. The summed E-state index contributed by atoms with van der Waals surface area (Å²) in [5.74, 6) is 0.684. The Bertz CT molecular complexity index is 894. The molecule has 21 heavy (non-hydrogen) atoms. The van der Waals surface area contributed by atoms with Crippen LogP contribution in [0.15, 0.2) is 47.4 Å². The van der Waals surface area contributed by atoms with Crippen LogP contribution in [0.2, 0.25) is 0 Å². The van der Waals surface area contributed by atoms with Crippen LogP contribution < -0.4 is 0 Å². The van der Waals surface area contributed by atoms with Crippen LogP contribution >= 0.6 is 0 Å². The first-order valence-corrected chi connectivity index (χ1v) is 8.66. The van der Waals surface area contributed by atoms with Gasteiger partial charge in [0.1, 0.15) is 11.3 Å². The highest BCUT2D eigenvalue weighted by atomic mass is 32.2. The number of nitrogens with one attached hydrogen (secondary N) is 1. The van der Waals surface area contributed by atoms with E-state index in [1.807, 2.05) is 18.2 Å². The van der Waals surface area contributed by atoms with Crippen LogP contribution in [0.3, 0.4) is 0 Å². The second-order valence-corrected chi connectivity index (χ2v) is 7.04. The zero-order valence-corrected chi connectivity index (χ0v) is 12.7. The number of aromatic nitrogens is 2. The molecule has 5 heteroatoms. The first kappa shape index (κ1) is 13.8. The standard InChI is InChI=1S/C16H16N2O2S/c1-3-11-7-9-12(10-8-11)16-17-13-5-4-6-14(15(13)18-16)21(2,19)20/h4-10H,3H2,1-2H3,(H,17,18). The molecule has 3 rings (SSSR count). The van der Waals surface area contributed by atoms with Gasteiger partial charge in [0.15, 0.2) is 9.84 Å². The third kappa shape index (κ3) is 2.56. The van der Waals surface area contributed by atoms with Gasteiger partial charge in [-0.1, -0.05) is 37.3 Å². The van der Waals surface area contributed by atoms with Crippen molar-refractivity contribution in [1.82, 2.24) is 9.97 Å². The number of nitrogens with zero attached hydrogens (tertiary/aromatic N) is 1. The van der Waals surface area contributed by atoms with Gasteiger partial charge in [-0.2, -0.15) is 0 Å². The molecule has 0 saturated carbocycles. The molecule has 0 aliphatic heterocycles. The average Bonchev–Trinajstić information content (AvgIpc) is 2.90. The SMILES string of the molecule is CCc1ccc(-c2nc3c(S(C)(=O)=O)cccc3[nH]2)cc1. The van der Waals surface area contributed by atoms with Crippen LogP contribution in [0.1, 0.15) is 12.5 Å². The molecule has 0 saturated heterocycles. The lowest BCUT2D eigenvalue weighted by molar-refractivity contribution is 0.602. The van der Waals surface area contributed by atoms with Gasteiger partial charge in [-0.15, -0.1) is 0 Å². The van der Waals surface area contributed by atoms with Crippen molar-refractivity contribution in [1.29, 1.82) is 0 Å². The number of hydrogen-bond donors (Lipinski definition) is 1. The number of H-pyrrole nitrogens is 1. The van der Waals surface area contributed by atoms with Gasteiger partial charge in [0.05, 0.1) is 10.4 Å². The summed E-state index contributed by atoms with van der Waals surface area (Å²) >= 11 is 0. The number of hydrogen-bond acceptors (Lipinski definition) is 3. The Hall–Kier alpha value is -2.14. The molecule has 2 aromatic carbocycles. The summed E-state index contributed by atoms with van der Waals surface area (Å²) in [5, 5.41) is 0. The van der Waals surface area contributed by atoms with E-state index in [0.29, 0.717) is 11.3 Å². The molecule has 1 heterocycles. The number of para-hydroxylation sites is 1. The fourth-order valence-electron chi connectivity index (χ4n) is 2.34. The van der Waals surface area contributed by atoms with Gasteiger partial charge in [-0.25, -0.2) is 13.4 Å². The van der Waals surface area contributed by atoms with E-state index in [1.54, 1.807) is 12.1 Å². The van der Waals surface area contributed by atoms with E-state index in [2.05, 4.69) is 29.0 Å². The Morgan fingerprint density at radius 2 is 1.81 bits per heavy atom. The van der Waals surface area contributed by atoms with Gasteiger partial charge in [-0.05, 0) is 24.1 Å². The molecule has 0 spiro atoms. The molecule has 1 N–H and O–H groups in total. The predicted octanol–water partition coefficient (Wildman–Crippen LogP) is 3.20. The Balaban J connectivity index is 2.17. The zero-order valence-electron chi connectivity index (χ0n) is 11.9. The summed E-state index contributed by atoms with van der Waals surface area (Å²) < 4.78 is 23.6. The third-order valence-electron chi connectivity index (χ3n) is 3.51. The van der Waals surface area contributed by atoms with E-state index in [4.69, 9.17) is 0 Å². The highest BCUT2D eigenvalue weighted by Crippen LogP contribution is 2.25. The molecule has 4 nitrogen and oxygen atoms in total. The number of aromatic amines is 1. The van der Waals surface area contributed by atoms with E-state index in [0.717, 1.165) is 17.5 Å². The Labute approximate surface area is 123 Å². The third-order valence-corrected chi connectivity index (χ3v) is 4.64. The number of benzene rings is 2. The van der Waals surface area contributed by atoms with Crippen molar-refractivity contribution in [2.24, 2.45) is 0 Å². The van der Waals surface area contributed by atoms with Gasteiger partial charge >= 0.3 is 0 Å². The van der Waals surface area contributed by atoms with Crippen molar-refractivity contribution in [3.63, 3.8) is 0 Å². The van der Waals surface area contributed by atoms with Gasteiger partial charge in [0.2, 0.25) is 0 Å². The fraction of sp³-hybridized carbons (Fsp3) is 0.188. The number of sulfone groups is 1. The van der Waals surface area contributed by atoms with Crippen LogP contribution in [0.25, 0.3) is 22.4 Å². The first-order valence-electron chi connectivity index (χ1n) is 6.77. The van der Waals surface area contributed by atoms with E-state index < -0.39 is 9.84 Å². The summed E-state index contributed by atoms with van der Waals surface area (Å²) in [6, 6.07) is 13.2. The molecule has 0 radical (unpaired) electrons. The minimum Gasteiger partial charge on any atom is -0.338 e. The smallest absolute Gasteiger partial charge is 0.177 e. The second-order valence-electron chi connectivity index (χ2n) is 5.06. The first-order chi connectivity index (χ1) is 9.99. The lowest BCUT2D eigenvalue weighted by Gasteiger charge is -1.99. The molecule has 108 valence electrons. The lowest BCUT2D eigenvalue weighted by atomic mass is 10.1. The topological polar surface area (TPSA) is 62.8 Å². The molecular formula is C16H16N2O2S. The summed E-state index contributed by atoms with van der Waals surface area (Å²) in [4.78, 5) is 7.91. The molecular weight excluding hydrogens is 284 g/mol. The fourth-order valence-corrected chi connectivity index (χ4v) is 3.17. The minimum atomic E-state index is -3.29. The van der Waals surface area contributed by atoms with Gasteiger partial charge in [-0.3, -0.25) is 0 Å². The Kier molecular flexibility index (Phi) is 3.29. The highest BCUT2D eigenvalue weighted by Gasteiger charge is 2.15. The Morgan fingerprint density at radius 1 is 1.10 bits per heavy atom. The maximum Gasteiger partial charge on any atom is 0.177 e. The molecule has 0 fully saturated rings. The van der Waals surface area contributed by atoms with Crippen molar-refractivity contribution in [3.8, 4) is 11.4 Å². The molecule has 0 bridgehead atoms. The lowest BCUT2D eigenvalue weighted by Crippen LogP contribution is -1.97. The van der Waals surface area contributed by atoms with Crippen molar-refractivity contribution < 1.29 is 8.42 Å². The molecule has 3 aromatic rings. The maximum absolute atomic E-state index is 11.8. The number of imidazole rings is 1. The molecule has 0 aliphatic rings. The van der Waals surface area contributed by atoms with Crippen molar-refractivity contribution in [2.75, 3.05) is 6.26 Å². The van der Waals surface area contributed by atoms with Crippen LogP contribution in [-0.4, -0.2) is 24.6 Å². The van der Waals surface area contributed by atoms with E-state index >= 15 is 0 Å². The number of fused-ring (bicyclic) bond motifs is 1. The maximum atomic E-state index is 11.8. The zero-order chi connectivity index (χ0) is 15.0. The van der Waals surface area contributed by atoms with Crippen LogP contribution in [0, 0.1) is 0 Å². The van der Waals surface area contributed by atoms with Crippen molar-refractivity contribution in [3.05, 3.63) is 48.0 Å². The average molecular weight is 300 g/mol. The Morgan fingerprint density at radius 3 is 2.43 bits per heavy atom. The van der Waals surface area contributed by atoms with E-state index in [1.165, 1.54) is 11.8 Å². The normalized spacial score (nSPS) is 11.9. The summed E-state index contributed by atoms with van der Waals surface area (Å²) in [6.45, 7) is 2.11. The summed E-state index contributed by atoms with van der Waals surface area (Å²) in [5.41, 5.74) is 3.43. The minimum absolute atomic E-state index is 0.257. The predicted molar refractivity (Wildman–Crippen MR) is 84.0 cm³/mol. The van der Waals surface area contributed by atoms with E-state index in [-0.39, 0.29) is 4.90 Å². The van der Waals surface area contributed by atoms with Crippen LogP contribution in [0.5, 0.6) is 0 Å². The summed E-state index contributed by atoms with van der Waals surface area (Å²) in [6.07, 6.45) is 2.19. The molecule has 1 aromatic heterocycles. The van der Waals surface area contributed by atoms with Crippen molar-refractivity contribution >= 4 is 20.9 Å². The van der Waals surface area contributed by atoms with Crippen LogP contribution in [0.4, 0.5) is 0 Å². The van der Waals surface area contributed by atoms with Gasteiger partial charge < -0.3 is 4.98 Å². The number of rotatable bonds is 3. The molecule has 0 aliphatic carbocycles. The summed E-state index contributed by atoms with van der Waals surface area (Å²) in [7, 11) is -3.29. The van der Waals surface area contributed by atoms with Gasteiger partial charge in [0.25, 0.3) is 0 Å². The van der Waals surface area contributed by atoms with Gasteiger partial charge in [0, 0.05) is 11.8 Å². The molecule has 0 atom stereocenters. The van der Waals surface area contributed by atoms with E-state index in [9.17, 15) is 8.42 Å². The molecule has 0 amide bonds. The number of aryl methyl sites for hydroxylation is 1. The largest absolute Gasteiger partial charge is 0.338 e. The second kappa shape index (κ2) is 5.00. The van der Waals surface area contributed by atoms with Crippen LogP contribution in [-0.2, 0) is 16.3 Å². The quantitative estimate of drug-likeness (QED) is 0.808. The highest BCUT2D eigenvalue weighted by molar-refractivity contribution is 7.91. The monoisotopic (exact) mass is 300 g/mol.